The van der Waals surface area contributed by atoms with E-state index in [-0.39, 0.29) is 0 Å². The topological polar surface area (TPSA) is 95.5 Å². The highest BCUT2D eigenvalue weighted by atomic mass is 32.3. The number of aliphatic hydroxyl groups is 1. The SMILES string of the molecule is CC(O)COS(=O)(=O)[O-].CCCCn1cc[n+](C)c1. The Balaban J connectivity index is 0.000000344. The number of imidazole rings is 1. The number of nitrogens with zero attached hydrogens (tertiary/aromatic N) is 2. The smallest absolute Gasteiger partial charge is 0.243 e. The first kappa shape index (κ1) is 18.0. The fourth-order valence-corrected chi connectivity index (χ4v) is 1.52. The molecule has 7 nitrogen and oxygen atoms in total. The van der Waals surface area contributed by atoms with Gasteiger partial charge in [0.15, 0.2) is 0 Å². The minimum Gasteiger partial charge on any atom is -0.726 e. The molecular weight excluding hydrogens is 272 g/mol. The summed E-state index contributed by atoms with van der Waals surface area (Å²) in [4.78, 5) is 0. The predicted molar refractivity (Wildman–Crippen MR) is 67.8 cm³/mol. The summed E-state index contributed by atoms with van der Waals surface area (Å²) in [7, 11) is -2.59. The predicted octanol–water partition coefficient (Wildman–Crippen LogP) is -0.0433. The van der Waals surface area contributed by atoms with Gasteiger partial charge in [-0.05, 0) is 13.3 Å². The fraction of sp³-hybridized carbons (Fsp3) is 0.727. The summed E-state index contributed by atoms with van der Waals surface area (Å²) >= 11 is 0. The molecule has 1 N–H and O–H groups in total. The monoisotopic (exact) mass is 294 g/mol. The van der Waals surface area contributed by atoms with Gasteiger partial charge in [0.25, 0.3) is 0 Å². The van der Waals surface area contributed by atoms with Crippen molar-refractivity contribution < 1.29 is 26.8 Å². The summed E-state index contributed by atoms with van der Waals surface area (Å²) in [6, 6.07) is 0. The average molecular weight is 294 g/mol. The van der Waals surface area contributed by atoms with Crippen molar-refractivity contribution in [1.82, 2.24) is 4.57 Å². The Kier molecular flexibility index (Phi) is 8.57. The molecule has 1 rings (SSSR count). The number of hydrogen-bond donors (Lipinski definition) is 1. The average Bonchev–Trinajstić information content (AvgIpc) is 2.70. The van der Waals surface area contributed by atoms with E-state index in [1.807, 2.05) is 7.05 Å². The highest BCUT2D eigenvalue weighted by Gasteiger charge is 1.98. The van der Waals surface area contributed by atoms with Gasteiger partial charge < -0.3 is 9.66 Å². The molecule has 1 unspecified atom stereocenters. The van der Waals surface area contributed by atoms with Crippen molar-refractivity contribution in [2.45, 2.75) is 39.3 Å². The molecule has 0 bridgehead atoms. The van der Waals surface area contributed by atoms with Gasteiger partial charge in [0, 0.05) is 0 Å². The summed E-state index contributed by atoms with van der Waals surface area (Å²) in [5.74, 6) is 0. The molecule has 0 saturated carbocycles. The van der Waals surface area contributed by atoms with Crippen molar-refractivity contribution in [2.75, 3.05) is 6.61 Å². The summed E-state index contributed by atoms with van der Waals surface area (Å²) < 4.78 is 36.9. The van der Waals surface area contributed by atoms with Crippen molar-refractivity contribution in [3.05, 3.63) is 18.7 Å². The molecule has 0 amide bonds. The van der Waals surface area contributed by atoms with E-state index in [0.717, 1.165) is 6.54 Å². The number of unbranched alkanes of at least 4 members (excludes halogenated alkanes) is 1. The molecule has 0 saturated heterocycles. The second-order valence-electron chi connectivity index (χ2n) is 4.21. The first-order chi connectivity index (χ1) is 8.74. The maximum absolute atomic E-state index is 9.65. The van der Waals surface area contributed by atoms with Crippen molar-refractivity contribution in [3.63, 3.8) is 0 Å². The maximum Gasteiger partial charge on any atom is 0.243 e. The van der Waals surface area contributed by atoms with E-state index < -0.39 is 23.1 Å². The molecule has 0 radical (unpaired) electrons. The highest BCUT2D eigenvalue weighted by Crippen LogP contribution is 1.91. The number of aromatic nitrogens is 2. The molecule has 1 atom stereocenters. The highest BCUT2D eigenvalue weighted by molar-refractivity contribution is 7.80. The second kappa shape index (κ2) is 9.03. The van der Waals surface area contributed by atoms with Gasteiger partial charge in [-0.25, -0.2) is 17.6 Å². The van der Waals surface area contributed by atoms with Crippen LogP contribution in [-0.4, -0.2) is 35.4 Å². The van der Waals surface area contributed by atoms with Crippen LogP contribution in [0, 0.1) is 0 Å². The lowest BCUT2D eigenvalue weighted by Gasteiger charge is -2.07. The molecule has 112 valence electrons. The molecule has 0 aliphatic heterocycles. The molecule has 1 heterocycles. The molecule has 1 aromatic rings. The van der Waals surface area contributed by atoms with E-state index in [1.165, 1.54) is 19.8 Å². The van der Waals surface area contributed by atoms with E-state index >= 15 is 0 Å². The Hall–Kier alpha value is -0.960. The van der Waals surface area contributed by atoms with Gasteiger partial charge in [-0.2, -0.15) is 0 Å². The summed E-state index contributed by atoms with van der Waals surface area (Å²) in [5.41, 5.74) is 0. The number of hydrogen-bond acceptors (Lipinski definition) is 5. The molecule has 0 fully saturated rings. The van der Waals surface area contributed by atoms with Gasteiger partial charge in [-0.3, -0.25) is 4.18 Å². The van der Waals surface area contributed by atoms with Gasteiger partial charge in [0.1, 0.15) is 12.4 Å². The van der Waals surface area contributed by atoms with Crippen LogP contribution in [0.3, 0.4) is 0 Å². The molecule has 0 aromatic carbocycles. The molecule has 0 aliphatic carbocycles. The van der Waals surface area contributed by atoms with Crippen LogP contribution in [-0.2, 0) is 28.2 Å². The second-order valence-corrected chi connectivity index (χ2v) is 5.26. The molecular formula is C11H22N2O5S. The number of aryl methyl sites for hydroxylation is 2. The third-order valence-corrected chi connectivity index (χ3v) is 2.47. The number of aliphatic hydroxyl groups excluding tert-OH is 1. The lowest BCUT2D eigenvalue weighted by molar-refractivity contribution is -0.671. The lowest BCUT2D eigenvalue weighted by Crippen LogP contribution is -2.23. The maximum atomic E-state index is 9.65. The lowest BCUT2D eigenvalue weighted by atomic mass is 10.3. The largest absolute Gasteiger partial charge is 0.726 e. The van der Waals surface area contributed by atoms with E-state index in [0.29, 0.717) is 0 Å². The van der Waals surface area contributed by atoms with E-state index in [2.05, 4.69) is 39.0 Å². The Morgan fingerprint density at radius 3 is 2.47 bits per heavy atom. The molecule has 1 aromatic heterocycles. The molecule has 0 aliphatic rings. The van der Waals surface area contributed by atoms with Crippen LogP contribution in [0.5, 0.6) is 0 Å². The van der Waals surface area contributed by atoms with Crippen LogP contribution < -0.4 is 4.57 Å². The zero-order chi connectivity index (χ0) is 14.9. The van der Waals surface area contributed by atoms with Gasteiger partial charge in [0.2, 0.25) is 16.7 Å². The quantitative estimate of drug-likeness (QED) is 0.451. The van der Waals surface area contributed by atoms with Gasteiger partial charge in [-0.1, -0.05) is 13.3 Å². The van der Waals surface area contributed by atoms with E-state index in [4.69, 9.17) is 5.11 Å². The van der Waals surface area contributed by atoms with Crippen LogP contribution in [0.25, 0.3) is 0 Å². The Bertz CT molecular complexity index is 442. The van der Waals surface area contributed by atoms with E-state index in [9.17, 15) is 13.0 Å². The first-order valence-corrected chi connectivity index (χ1v) is 7.37. The molecule has 19 heavy (non-hydrogen) atoms. The molecule has 0 spiro atoms. The fourth-order valence-electron chi connectivity index (χ4n) is 1.16. The minimum absolute atomic E-state index is 0.480. The van der Waals surface area contributed by atoms with Gasteiger partial charge in [-0.15, -0.1) is 0 Å². The Labute approximate surface area is 114 Å². The van der Waals surface area contributed by atoms with Crippen LogP contribution >= 0.6 is 0 Å². The van der Waals surface area contributed by atoms with Crippen molar-refractivity contribution in [2.24, 2.45) is 7.05 Å². The first-order valence-electron chi connectivity index (χ1n) is 6.04. The van der Waals surface area contributed by atoms with Crippen LogP contribution in [0.4, 0.5) is 0 Å². The zero-order valence-corrected chi connectivity index (χ0v) is 12.3. The van der Waals surface area contributed by atoms with Crippen LogP contribution in [0.1, 0.15) is 26.7 Å². The standard InChI is InChI=1S/C8H15N2.C3H8O5S/c1-3-4-5-10-7-6-9(2)8-10;1-3(4)2-8-9(5,6)7/h6-8H,3-5H2,1-2H3;3-4H,2H2,1H3,(H,5,6,7)/q+1;/p-1. The van der Waals surface area contributed by atoms with Gasteiger partial charge >= 0.3 is 0 Å². The van der Waals surface area contributed by atoms with E-state index in [1.54, 1.807) is 0 Å². The zero-order valence-electron chi connectivity index (χ0n) is 11.5. The van der Waals surface area contributed by atoms with Crippen molar-refractivity contribution in [3.8, 4) is 0 Å². The van der Waals surface area contributed by atoms with Crippen molar-refractivity contribution in [1.29, 1.82) is 0 Å². The normalized spacial score (nSPS) is 12.7. The molecule has 8 heteroatoms. The third kappa shape index (κ3) is 11.8. The van der Waals surface area contributed by atoms with Crippen LogP contribution in [0.2, 0.25) is 0 Å². The third-order valence-electron chi connectivity index (χ3n) is 2.05. The summed E-state index contributed by atoms with van der Waals surface area (Å²) in [6.45, 7) is 4.19. The summed E-state index contributed by atoms with van der Waals surface area (Å²) in [6.07, 6.45) is 7.88. The van der Waals surface area contributed by atoms with Crippen molar-refractivity contribution >= 4 is 10.4 Å². The summed E-state index contributed by atoms with van der Waals surface area (Å²) in [5, 5.41) is 8.39. The number of rotatable bonds is 6. The Morgan fingerprint density at radius 1 is 1.53 bits per heavy atom. The minimum atomic E-state index is -4.63. The van der Waals surface area contributed by atoms with Gasteiger partial charge in [0.05, 0.1) is 26.3 Å². The Morgan fingerprint density at radius 2 is 2.16 bits per heavy atom. The van der Waals surface area contributed by atoms with Crippen LogP contribution in [0.15, 0.2) is 18.7 Å².